The summed E-state index contributed by atoms with van der Waals surface area (Å²) >= 11 is 14.4. The minimum Gasteiger partial charge on any atom is -0.322 e. The molecule has 54 valence electrons. The van der Waals surface area contributed by atoms with Gasteiger partial charge in [0.2, 0.25) is 0 Å². The quantitative estimate of drug-likeness (QED) is 0.738. The van der Waals surface area contributed by atoms with Crippen LogP contribution in [0.15, 0.2) is 18.2 Å². The van der Waals surface area contributed by atoms with Crippen LogP contribution in [-0.2, 0) is 0 Å². The van der Waals surface area contributed by atoms with Crippen LogP contribution in [0.1, 0.15) is 0 Å². The molecule has 1 aromatic rings. The second kappa shape index (κ2) is 3.46. The van der Waals surface area contributed by atoms with E-state index in [1.54, 1.807) is 12.1 Å². The van der Waals surface area contributed by atoms with E-state index in [2.05, 4.69) is 20.5 Å². The third-order valence-corrected chi connectivity index (χ3v) is 2.23. The van der Waals surface area contributed by atoms with Crippen LogP contribution in [0.25, 0.3) is 0 Å². The Morgan fingerprint density at radius 2 is 1.90 bits per heavy atom. The predicted octanol–water partition coefficient (Wildman–Crippen LogP) is 3.72. The molecule has 1 rings (SSSR count). The van der Waals surface area contributed by atoms with E-state index in [4.69, 9.17) is 23.2 Å². The van der Waals surface area contributed by atoms with Gasteiger partial charge in [-0.3, -0.25) is 0 Å². The van der Waals surface area contributed by atoms with E-state index in [0.29, 0.717) is 10.0 Å². The molecule has 1 aromatic carbocycles. The van der Waals surface area contributed by atoms with Gasteiger partial charge in [0.1, 0.15) is 0 Å². The number of hydrogen-bond donors (Lipinski definition) is 1. The van der Waals surface area contributed by atoms with E-state index < -0.39 is 0 Å². The second-order valence-electron chi connectivity index (χ2n) is 1.72. The van der Waals surface area contributed by atoms with Crippen molar-refractivity contribution in [2.45, 2.75) is 0 Å². The summed E-state index contributed by atoms with van der Waals surface area (Å²) in [5, 5.41) is 1.11. The maximum Gasteiger partial charge on any atom is 0.0613 e. The molecule has 1 N–H and O–H groups in total. The van der Waals surface area contributed by atoms with Crippen LogP contribution in [0.3, 0.4) is 0 Å². The Labute approximate surface area is 77.7 Å². The number of hydrogen-bond acceptors (Lipinski definition) is 1. The summed E-state index contributed by atoms with van der Waals surface area (Å²) < 4.78 is 2.76. The number of benzene rings is 1. The van der Waals surface area contributed by atoms with Gasteiger partial charge in [0.15, 0.2) is 0 Å². The molecule has 0 atom stereocenters. The fraction of sp³-hybridized carbons (Fsp3) is 0. The van der Waals surface area contributed by atoms with Gasteiger partial charge < -0.3 is 4.34 Å². The minimum atomic E-state index is 0.547. The van der Waals surface area contributed by atoms with Crippen molar-refractivity contribution in [2.24, 2.45) is 0 Å². The zero-order chi connectivity index (χ0) is 7.56. The fourth-order valence-electron chi connectivity index (χ4n) is 0.555. The molecule has 0 saturated carbocycles. The standard InChI is InChI=1S/C6H4BrCl2N/c7-10-4-1-2-5(8)6(9)3-4/h1-3,10H. The van der Waals surface area contributed by atoms with Crippen molar-refractivity contribution in [1.29, 1.82) is 0 Å². The fourth-order valence-corrected chi connectivity index (χ4v) is 1.10. The van der Waals surface area contributed by atoms with Crippen molar-refractivity contribution in [2.75, 3.05) is 4.34 Å². The SMILES string of the molecule is Clc1ccc(NBr)cc1Cl. The normalized spacial score (nSPS) is 9.50. The molecule has 0 spiro atoms. The Bertz CT molecular complexity index is 239. The van der Waals surface area contributed by atoms with Crippen molar-refractivity contribution < 1.29 is 0 Å². The van der Waals surface area contributed by atoms with Gasteiger partial charge >= 0.3 is 0 Å². The molecular weight excluding hydrogens is 237 g/mol. The second-order valence-corrected chi connectivity index (χ2v) is 2.93. The lowest BCUT2D eigenvalue weighted by Gasteiger charge is -1.98. The molecule has 0 radical (unpaired) electrons. The largest absolute Gasteiger partial charge is 0.322 e. The highest BCUT2D eigenvalue weighted by Crippen LogP contribution is 2.25. The first-order chi connectivity index (χ1) is 4.74. The van der Waals surface area contributed by atoms with Crippen LogP contribution in [0.5, 0.6) is 0 Å². The molecule has 0 unspecified atom stereocenters. The average Bonchev–Trinajstić information content (AvgIpc) is 1.95. The van der Waals surface area contributed by atoms with E-state index in [0.717, 1.165) is 5.69 Å². The van der Waals surface area contributed by atoms with Crippen LogP contribution in [0, 0.1) is 0 Å². The Kier molecular flexibility index (Phi) is 2.83. The van der Waals surface area contributed by atoms with E-state index in [1.807, 2.05) is 6.07 Å². The first-order valence-corrected chi connectivity index (χ1v) is 4.10. The highest BCUT2D eigenvalue weighted by molar-refractivity contribution is 9.10. The molecule has 10 heavy (non-hydrogen) atoms. The lowest BCUT2D eigenvalue weighted by Crippen LogP contribution is -1.77. The van der Waals surface area contributed by atoms with Gasteiger partial charge in [0.05, 0.1) is 10.0 Å². The maximum absolute atomic E-state index is 5.70. The summed E-state index contributed by atoms with van der Waals surface area (Å²) in [6, 6.07) is 5.29. The highest BCUT2D eigenvalue weighted by Gasteiger charge is 1.96. The first kappa shape index (κ1) is 8.18. The van der Waals surface area contributed by atoms with Crippen molar-refractivity contribution >= 4 is 45.0 Å². The number of anilines is 1. The first-order valence-electron chi connectivity index (χ1n) is 2.55. The summed E-state index contributed by atoms with van der Waals surface area (Å²) in [6.07, 6.45) is 0. The maximum atomic E-state index is 5.70. The third kappa shape index (κ3) is 1.78. The summed E-state index contributed by atoms with van der Waals surface area (Å²) in [5.41, 5.74) is 0.884. The summed E-state index contributed by atoms with van der Waals surface area (Å²) in [4.78, 5) is 0. The van der Waals surface area contributed by atoms with Gasteiger partial charge in [-0.05, 0) is 18.2 Å². The molecule has 0 aliphatic heterocycles. The molecule has 0 fully saturated rings. The zero-order valence-electron chi connectivity index (χ0n) is 4.87. The van der Waals surface area contributed by atoms with Gasteiger partial charge in [0, 0.05) is 21.8 Å². The monoisotopic (exact) mass is 239 g/mol. The van der Waals surface area contributed by atoms with Crippen molar-refractivity contribution in [3.05, 3.63) is 28.2 Å². The molecule has 0 heterocycles. The molecule has 0 aliphatic rings. The molecule has 1 nitrogen and oxygen atoms in total. The molecule has 0 aliphatic carbocycles. The van der Waals surface area contributed by atoms with Gasteiger partial charge in [-0.15, -0.1) is 0 Å². The summed E-state index contributed by atoms with van der Waals surface area (Å²) in [6.45, 7) is 0. The average molecular weight is 241 g/mol. The Morgan fingerprint density at radius 1 is 1.20 bits per heavy atom. The lowest BCUT2D eigenvalue weighted by molar-refractivity contribution is 1.69. The Morgan fingerprint density at radius 3 is 2.40 bits per heavy atom. The number of rotatable bonds is 1. The van der Waals surface area contributed by atoms with Gasteiger partial charge in [0.25, 0.3) is 0 Å². The molecule has 0 bridgehead atoms. The van der Waals surface area contributed by atoms with Gasteiger partial charge in [-0.1, -0.05) is 23.2 Å². The van der Waals surface area contributed by atoms with Crippen molar-refractivity contribution in [3.8, 4) is 0 Å². The summed E-state index contributed by atoms with van der Waals surface area (Å²) in [7, 11) is 0. The van der Waals surface area contributed by atoms with Crippen molar-refractivity contribution in [3.63, 3.8) is 0 Å². The molecule has 0 amide bonds. The smallest absolute Gasteiger partial charge is 0.0613 e. The predicted molar refractivity (Wildman–Crippen MR) is 49.0 cm³/mol. The van der Waals surface area contributed by atoms with Crippen LogP contribution < -0.4 is 4.34 Å². The molecular formula is C6H4BrCl2N. The molecule has 0 saturated heterocycles. The van der Waals surface area contributed by atoms with Crippen molar-refractivity contribution in [1.82, 2.24) is 0 Å². The molecule has 0 aromatic heterocycles. The van der Waals surface area contributed by atoms with E-state index in [-0.39, 0.29) is 0 Å². The zero-order valence-corrected chi connectivity index (χ0v) is 7.96. The summed E-state index contributed by atoms with van der Waals surface area (Å²) in [5.74, 6) is 0. The van der Waals surface area contributed by atoms with Gasteiger partial charge in [-0.25, -0.2) is 0 Å². The van der Waals surface area contributed by atoms with E-state index >= 15 is 0 Å². The van der Waals surface area contributed by atoms with E-state index in [1.165, 1.54) is 0 Å². The van der Waals surface area contributed by atoms with Crippen LogP contribution >= 0.6 is 39.3 Å². The Hall–Kier alpha value is 0.0800. The topological polar surface area (TPSA) is 12.0 Å². The minimum absolute atomic E-state index is 0.547. The van der Waals surface area contributed by atoms with Crippen LogP contribution in [0.2, 0.25) is 10.0 Å². The third-order valence-electron chi connectivity index (χ3n) is 1.03. The lowest BCUT2D eigenvalue weighted by atomic mass is 10.3. The van der Waals surface area contributed by atoms with Gasteiger partial charge in [-0.2, -0.15) is 0 Å². The van der Waals surface area contributed by atoms with E-state index in [9.17, 15) is 0 Å². The van der Waals surface area contributed by atoms with Crippen LogP contribution in [0.4, 0.5) is 5.69 Å². The Balaban J connectivity index is 3.04. The highest BCUT2D eigenvalue weighted by atomic mass is 79.9. The van der Waals surface area contributed by atoms with Crippen LogP contribution in [-0.4, -0.2) is 0 Å². The molecule has 4 heteroatoms. The number of nitrogens with one attached hydrogen (secondary N) is 1. The number of halogens is 3.